The van der Waals surface area contributed by atoms with Gasteiger partial charge in [0.2, 0.25) is 21.7 Å². The lowest BCUT2D eigenvalue weighted by atomic mass is 9.96. The van der Waals surface area contributed by atoms with Gasteiger partial charge in [-0.2, -0.15) is 4.31 Å². The van der Waals surface area contributed by atoms with Crippen molar-refractivity contribution in [1.82, 2.24) is 9.21 Å². The van der Waals surface area contributed by atoms with Crippen LogP contribution in [0.4, 0.5) is 0 Å². The molecule has 0 aromatic heterocycles. The predicted molar refractivity (Wildman–Crippen MR) is 136 cm³/mol. The van der Waals surface area contributed by atoms with Crippen LogP contribution in [0.2, 0.25) is 0 Å². The van der Waals surface area contributed by atoms with Gasteiger partial charge in [-0.05, 0) is 68.1 Å². The third-order valence-corrected chi connectivity index (χ3v) is 8.30. The number of carbonyl (C=O) groups is 1. The van der Waals surface area contributed by atoms with Gasteiger partial charge >= 0.3 is 0 Å². The number of rotatable bonds is 10. The lowest BCUT2D eigenvalue weighted by molar-refractivity contribution is -0.135. The van der Waals surface area contributed by atoms with Crippen LogP contribution in [-0.2, 0) is 21.4 Å². The Hall–Kier alpha value is -2.98. The Morgan fingerprint density at radius 3 is 2.11 bits per heavy atom. The topological polar surface area (TPSA) is 94.6 Å². The molecule has 2 aromatic carbocycles. The van der Waals surface area contributed by atoms with Gasteiger partial charge in [-0.25, -0.2) is 8.42 Å². The SMILES string of the molecule is CCOc1ccc(S(=O)(=O)N2CCC(C(=O)N(C)Cc3cc(OC)c(OC)c(OC)c3)CC2)cc1C. The second-order valence-electron chi connectivity index (χ2n) is 8.77. The maximum absolute atomic E-state index is 13.2. The highest BCUT2D eigenvalue weighted by atomic mass is 32.2. The molecule has 0 atom stereocenters. The summed E-state index contributed by atoms with van der Waals surface area (Å²) >= 11 is 0. The molecule has 9 nitrogen and oxygen atoms in total. The van der Waals surface area contributed by atoms with E-state index in [1.54, 1.807) is 51.5 Å². The van der Waals surface area contributed by atoms with Gasteiger partial charge in [0.15, 0.2) is 11.5 Å². The van der Waals surface area contributed by atoms with E-state index in [2.05, 4.69) is 0 Å². The van der Waals surface area contributed by atoms with Gasteiger partial charge in [-0.1, -0.05) is 0 Å². The average Bonchev–Trinajstić information content (AvgIpc) is 2.88. The molecule has 0 unspecified atom stereocenters. The molecule has 36 heavy (non-hydrogen) atoms. The fourth-order valence-electron chi connectivity index (χ4n) is 4.48. The first-order valence-electron chi connectivity index (χ1n) is 11.9. The van der Waals surface area contributed by atoms with Crippen LogP contribution in [0.5, 0.6) is 23.0 Å². The molecule has 3 rings (SSSR count). The van der Waals surface area contributed by atoms with Crippen molar-refractivity contribution < 1.29 is 32.2 Å². The largest absolute Gasteiger partial charge is 0.494 e. The highest BCUT2D eigenvalue weighted by molar-refractivity contribution is 7.89. The van der Waals surface area contributed by atoms with Gasteiger partial charge in [0, 0.05) is 32.6 Å². The van der Waals surface area contributed by atoms with E-state index in [9.17, 15) is 13.2 Å². The molecule has 2 aromatic rings. The monoisotopic (exact) mass is 520 g/mol. The maximum Gasteiger partial charge on any atom is 0.243 e. The first kappa shape index (κ1) is 27.6. The zero-order valence-electron chi connectivity index (χ0n) is 21.9. The quantitative estimate of drug-likeness (QED) is 0.473. The Bertz CT molecular complexity index is 1150. The summed E-state index contributed by atoms with van der Waals surface area (Å²) in [6, 6.07) is 8.55. The van der Waals surface area contributed by atoms with Crippen LogP contribution in [0, 0.1) is 12.8 Å². The minimum atomic E-state index is -3.64. The van der Waals surface area contributed by atoms with Crippen molar-refractivity contribution >= 4 is 15.9 Å². The number of benzene rings is 2. The molecule has 0 aliphatic carbocycles. The van der Waals surface area contributed by atoms with E-state index in [4.69, 9.17) is 18.9 Å². The molecule has 0 radical (unpaired) electrons. The maximum atomic E-state index is 13.2. The van der Waals surface area contributed by atoms with Crippen molar-refractivity contribution in [2.45, 2.75) is 38.1 Å². The average molecular weight is 521 g/mol. The predicted octanol–water partition coefficient (Wildman–Crippen LogP) is 3.48. The van der Waals surface area contributed by atoms with E-state index < -0.39 is 10.0 Å². The number of piperidine rings is 1. The lowest BCUT2D eigenvalue weighted by Gasteiger charge is -2.32. The number of carbonyl (C=O) groups excluding carboxylic acids is 1. The minimum Gasteiger partial charge on any atom is -0.494 e. The molecule has 0 N–H and O–H groups in total. The number of nitrogens with zero attached hydrogens (tertiary/aromatic N) is 2. The highest BCUT2D eigenvalue weighted by Gasteiger charge is 2.33. The van der Waals surface area contributed by atoms with Crippen LogP contribution in [0.25, 0.3) is 0 Å². The summed E-state index contributed by atoms with van der Waals surface area (Å²) in [5.74, 6) is 1.96. The van der Waals surface area contributed by atoms with Crippen molar-refractivity contribution in [2.75, 3.05) is 48.1 Å². The summed E-state index contributed by atoms with van der Waals surface area (Å²) in [5.41, 5.74) is 1.61. The molecule has 0 spiro atoms. The van der Waals surface area contributed by atoms with Crippen molar-refractivity contribution in [3.05, 3.63) is 41.5 Å². The molecular formula is C26H36N2O7S. The standard InChI is InChI=1S/C26H36N2O7S/c1-7-35-22-9-8-21(14-18(22)2)36(30,31)28-12-10-20(11-13-28)26(29)27(3)17-19-15-23(32-4)25(34-6)24(16-19)33-5/h8-9,14-16,20H,7,10-13,17H2,1-6H3. The summed E-state index contributed by atoms with van der Waals surface area (Å²) in [7, 11) is 2.74. The van der Waals surface area contributed by atoms with Crippen LogP contribution >= 0.6 is 0 Å². The fourth-order valence-corrected chi connectivity index (χ4v) is 6.04. The third kappa shape index (κ3) is 5.87. The van der Waals surface area contributed by atoms with Crippen LogP contribution < -0.4 is 18.9 Å². The Morgan fingerprint density at radius 1 is 1.00 bits per heavy atom. The molecular weight excluding hydrogens is 484 g/mol. The number of amides is 1. The normalized spacial score (nSPS) is 14.8. The summed E-state index contributed by atoms with van der Waals surface area (Å²) in [4.78, 5) is 15.1. The van der Waals surface area contributed by atoms with Gasteiger partial charge in [-0.15, -0.1) is 0 Å². The second-order valence-corrected chi connectivity index (χ2v) is 10.7. The lowest BCUT2D eigenvalue weighted by Crippen LogP contribution is -2.43. The van der Waals surface area contributed by atoms with Gasteiger partial charge < -0.3 is 23.8 Å². The molecule has 1 aliphatic rings. The number of hydrogen-bond acceptors (Lipinski definition) is 7. The van der Waals surface area contributed by atoms with E-state index in [1.807, 2.05) is 26.0 Å². The molecule has 0 bridgehead atoms. The fraction of sp³-hybridized carbons (Fsp3) is 0.500. The van der Waals surface area contributed by atoms with E-state index >= 15 is 0 Å². The first-order chi connectivity index (χ1) is 17.2. The molecule has 1 saturated heterocycles. The van der Waals surface area contributed by atoms with Crippen molar-refractivity contribution in [3.8, 4) is 23.0 Å². The van der Waals surface area contributed by atoms with E-state index in [0.29, 0.717) is 62.1 Å². The van der Waals surface area contributed by atoms with E-state index in [-0.39, 0.29) is 16.7 Å². The minimum absolute atomic E-state index is 0.0160. The Kier molecular flexibility index (Phi) is 9.08. The second kappa shape index (κ2) is 11.8. The van der Waals surface area contributed by atoms with Crippen LogP contribution in [0.3, 0.4) is 0 Å². The zero-order chi connectivity index (χ0) is 26.5. The van der Waals surface area contributed by atoms with Crippen LogP contribution in [0.15, 0.2) is 35.2 Å². The van der Waals surface area contributed by atoms with Crippen LogP contribution in [0.1, 0.15) is 30.9 Å². The first-order valence-corrected chi connectivity index (χ1v) is 13.4. The van der Waals surface area contributed by atoms with Crippen LogP contribution in [-0.4, -0.2) is 71.6 Å². The Morgan fingerprint density at radius 2 is 1.61 bits per heavy atom. The van der Waals surface area contributed by atoms with Gasteiger partial charge in [0.25, 0.3) is 0 Å². The van der Waals surface area contributed by atoms with Gasteiger partial charge in [0.1, 0.15) is 5.75 Å². The van der Waals surface area contributed by atoms with Gasteiger partial charge in [-0.3, -0.25) is 4.79 Å². The number of aryl methyl sites for hydroxylation is 1. The van der Waals surface area contributed by atoms with Crippen molar-refractivity contribution in [3.63, 3.8) is 0 Å². The van der Waals surface area contributed by atoms with Gasteiger partial charge in [0.05, 0.1) is 32.8 Å². The number of hydrogen-bond donors (Lipinski definition) is 0. The summed E-state index contributed by atoms with van der Waals surface area (Å²) in [6.45, 7) is 5.18. The number of methoxy groups -OCH3 is 3. The van der Waals surface area contributed by atoms with E-state index in [0.717, 1.165) is 11.1 Å². The molecule has 10 heteroatoms. The molecule has 1 aliphatic heterocycles. The third-order valence-electron chi connectivity index (χ3n) is 6.41. The molecule has 1 amide bonds. The Balaban J connectivity index is 1.65. The molecule has 198 valence electrons. The van der Waals surface area contributed by atoms with Crippen molar-refractivity contribution in [2.24, 2.45) is 5.92 Å². The summed E-state index contributed by atoms with van der Waals surface area (Å²) in [6.07, 6.45) is 0.932. The smallest absolute Gasteiger partial charge is 0.243 e. The van der Waals surface area contributed by atoms with E-state index in [1.165, 1.54) is 4.31 Å². The number of ether oxygens (including phenoxy) is 4. The number of sulfonamides is 1. The Labute approximate surface area is 213 Å². The summed E-state index contributed by atoms with van der Waals surface area (Å²) in [5, 5.41) is 0. The molecule has 1 heterocycles. The highest BCUT2D eigenvalue weighted by Crippen LogP contribution is 2.38. The molecule has 1 fully saturated rings. The summed E-state index contributed by atoms with van der Waals surface area (Å²) < 4.78 is 49.5. The molecule has 0 saturated carbocycles. The van der Waals surface area contributed by atoms with Crippen molar-refractivity contribution in [1.29, 1.82) is 0 Å². The zero-order valence-corrected chi connectivity index (χ0v) is 22.7.